The summed E-state index contributed by atoms with van der Waals surface area (Å²) in [5.41, 5.74) is 4.98. The number of carbonyl (C=O) groups is 4. The van der Waals surface area contributed by atoms with Crippen LogP contribution in [0.15, 0.2) is 60.9 Å². The first-order chi connectivity index (χ1) is 26.7. The van der Waals surface area contributed by atoms with Crippen molar-refractivity contribution in [2.24, 2.45) is 11.8 Å². The molecule has 56 heavy (non-hydrogen) atoms. The van der Waals surface area contributed by atoms with Gasteiger partial charge >= 0.3 is 12.2 Å². The van der Waals surface area contributed by atoms with E-state index in [2.05, 4.69) is 30.0 Å². The summed E-state index contributed by atoms with van der Waals surface area (Å²) in [6.07, 6.45) is -1.03. The van der Waals surface area contributed by atoms with E-state index in [1.54, 1.807) is 40.1 Å². The van der Waals surface area contributed by atoms with Crippen LogP contribution in [0.3, 0.4) is 0 Å². The van der Waals surface area contributed by atoms with E-state index in [0.29, 0.717) is 23.0 Å². The topological polar surface area (TPSA) is 177 Å². The number of carboxylic acid groups (broad SMARTS) is 1. The summed E-state index contributed by atoms with van der Waals surface area (Å²) >= 11 is 0. The molecule has 6 rings (SSSR count). The first-order valence-electron chi connectivity index (χ1n) is 18.7. The van der Waals surface area contributed by atoms with Gasteiger partial charge in [0.2, 0.25) is 11.8 Å². The summed E-state index contributed by atoms with van der Waals surface area (Å²) in [5, 5.41) is 12.1. The van der Waals surface area contributed by atoms with Crippen LogP contribution in [0.1, 0.15) is 64.3 Å². The number of likely N-dealkylation sites (tertiary alicyclic amines) is 2. The predicted octanol–water partition coefficient (Wildman–Crippen LogP) is 6.37. The van der Waals surface area contributed by atoms with Crippen molar-refractivity contribution in [1.82, 2.24) is 40.0 Å². The van der Waals surface area contributed by atoms with Crippen molar-refractivity contribution in [1.29, 1.82) is 0 Å². The molecule has 298 valence electrons. The summed E-state index contributed by atoms with van der Waals surface area (Å²) < 4.78 is 34.2. The lowest BCUT2D eigenvalue weighted by Crippen LogP contribution is -2.51. The molecular formula is C40H48F2N8O6. The zero-order chi connectivity index (χ0) is 40.4. The van der Waals surface area contributed by atoms with Crippen LogP contribution in [-0.4, -0.2) is 115 Å². The van der Waals surface area contributed by atoms with E-state index >= 15 is 0 Å². The third kappa shape index (κ3) is 8.23. The number of carbonyl (C=O) groups excluding carboxylic acids is 3. The van der Waals surface area contributed by atoms with Crippen LogP contribution in [-0.2, 0) is 14.3 Å². The number of imidazole rings is 2. The molecule has 2 fully saturated rings. The predicted molar refractivity (Wildman–Crippen MR) is 204 cm³/mol. The van der Waals surface area contributed by atoms with Crippen molar-refractivity contribution >= 4 is 24.0 Å². The summed E-state index contributed by atoms with van der Waals surface area (Å²) in [4.78, 5) is 70.0. The Morgan fingerprint density at radius 3 is 1.59 bits per heavy atom. The van der Waals surface area contributed by atoms with E-state index in [1.807, 2.05) is 48.5 Å². The van der Waals surface area contributed by atoms with Crippen molar-refractivity contribution < 1.29 is 37.8 Å². The van der Waals surface area contributed by atoms with Crippen LogP contribution >= 0.6 is 0 Å². The minimum atomic E-state index is -1.26. The number of methoxy groups -OCH3 is 1. The molecule has 0 bridgehead atoms. The number of hydrogen-bond acceptors (Lipinski definition) is 7. The second kappa shape index (κ2) is 16.5. The number of likely N-dealkylation sites (N-methyl/N-ethyl adjacent to an activating group) is 1. The molecule has 4 heterocycles. The molecule has 0 saturated carbocycles. The molecule has 2 aliphatic heterocycles. The zero-order valence-corrected chi connectivity index (χ0v) is 32.2. The van der Waals surface area contributed by atoms with Gasteiger partial charge in [-0.15, -0.1) is 0 Å². The van der Waals surface area contributed by atoms with Crippen LogP contribution in [0, 0.1) is 11.8 Å². The Balaban J connectivity index is 1.13. The maximum absolute atomic E-state index is 14.7. The van der Waals surface area contributed by atoms with Crippen molar-refractivity contribution in [3.63, 3.8) is 0 Å². The number of nitrogens with zero attached hydrogens (tertiary/aromatic N) is 5. The normalized spacial score (nSPS) is 20.7. The molecule has 2 aliphatic rings. The number of rotatable bonds is 11. The van der Waals surface area contributed by atoms with Crippen molar-refractivity contribution in [3.05, 3.63) is 72.6 Å². The quantitative estimate of drug-likeness (QED) is 0.136. The van der Waals surface area contributed by atoms with Crippen LogP contribution in [0.25, 0.3) is 33.6 Å². The summed E-state index contributed by atoms with van der Waals surface area (Å²) in [6, 6.07) is 12.5. The third-order valence-corrected chi connectivity index (χ3v) is 10.6. The van der Waals surface area contributed by atoms with E-state index in [0.717, 1.165) is 27.2 Å². The van der Waals surface area contributed by atoms with Gasteiger partial charge in [0.25, 0.3) is 0 Å². The summed E-state index contributed by atoms with van der Waals surface area (Å²) in [5.74, 6) is -0.532. The van der Waals surface area contributed by atoms with Crippen LogP contribution in [0.5, 0.6) is 0 Å². The standard InChI is InChI=1S/C40H48F2N8O6/c1-21(2)33(47-39(53)56-6)37(51)49-19-27(41)15-31(49)35-43-17-29(45-35)25-11-7-23(8-12-25)24-9-13-26(14-10-24)30-18-44-36(46-30)32-16-28(42)20-50(32)38(52)34(22(3)4)48(5)40(54)55/h7-14,17-18,21-22,27-28,31-34H,15-16,19-20H2,1-6H3,(H,43,45)(H,44,46)(H,47,53)(H,54,55)/t27-,28-,31-,32-,33-,34-/m0/s1. The van der Waals surface area contributed by atoms with Crippen LogP contribution in [0.4, 0.5) is 18.4 Å². The number of aromatic amines is 2. The Kier molecular flexibility index (Phi) is 11.8. The second-order valence-electron chi connectivity index (χ2n) is 15.1. The number of halogens is 2. The van der Waals surface area contributed by atoms with Gasteiger partial charge in [0, 0.05) is 19.9 Å². The molecule has 0 radical (unpaired) electrons. The van der Waals surface area contributed by atoms with Crippen molar-refractivity contribution in [2.75, 3.05) is 27.2 Å². The Labute approximate surface area is 323 Å². The van der Waals surface area contributed by atoms with E-state index in [4.69, 9.17) is 0 Å². The lowest BCUT2D eigenvalue weighted by Gasteiger charge is -2.33. The first-order valence-corrected chi connectivity index (χ1v) is 18.7. The number of benzene rings is 2. The maximum atomic E-state index is 14.7. The highest BCUT2D eigenvalue weighted by molar-refractivity contribution is 5.87. The molecule has 16 heteroatoms. The second-order valence-corrected chi connectivity index (χ2v) is 15.1. The highest BCUT2D eigenvalue weighted by atomic mass is 19.1. The van der Waals surface area contributed by atoms with E-state index < -0.39 is 60.5 Å². The molecular weight excluding hydrogens is 726 g/mol. The number of nitrogens with one attached hydrogen (secondary N) is 3. The number of alkyl halides is 2. The minimum absolute atomic E-state index is 0.0563. The molecule has 2 aromatic heterocycles. The van der Waals surface area contributed by atoms with Gasteiger partial charge in [-0.1, -0.05) is 76.2 Å². The fourth-order valence-electron chi connectivity index (χ4n) is 7.63. The molecule has 14 nitrogen and oxygen atoms in total. The lowest BCUT2D eigenvalue weighted by molar-refractivity contribution is -0.139. The van der Waals surface area contributed by atoms with E-state index in [1.165, 1.54) is 24.0 Å². The van der Waals surface area contributed by atoms with Gasteiger partial charge in [-0.05, 0) is 34.1 Å². The average molecular weight is 775 g/mol. The summed E-state index contributed by atoms with van der Waals surface area (Å²) in [6.45, 7) is 6.87. The Hall–Kier alpha value is -5.80. The highest BCUT2D eigenvalue weighted by Crippen LogP contribution is 2.37. The molecule has 2 aromatic carbocycles. The molecule has 0 aliphatic carbocycles. The third-order valence-electron chi connectivity index (χ3n) is 10.6. The molecule has 4 aromatic rings. The molecule has 6 atom stereocenters. The fourth-order valence-corrected chi connectivity index (χ4v) is 7.63. The number of ether oxygens (including phenoxy) is 1. The van der Waals surface area contributed by atoms with Gasteiger partial charge in [0.15, 0.2) is 0 Å². The highest BCUT2D eigenvalue weighted by Gasteiger charge is 2.44. The van der Waals surface area contributed by atoms with E-state index in [9.17, 15) is 33.1 Å². The largest absolute Gasteiger partial charge is 0.465 e. The van der Waals surface area contributed by atoms with Gasteiger partial charge in [-0.25, -0.2) is 28.3 Å². The number of aromatic nitrogens is 4. The monoisotopic (exact) mass is 774 g/mol. The number of amides is 4. The van der Waals surface area contributed by atoms with Gasteiger partial charge in [0.1, 0.15) is 36.1 Å². The lowest BCUT2D eigenvalue weighted by atomic mass is 10.0. The molecule has 0 unspecified atom stereocenters. The van der Waals surface area contributed by atoms with E-state index in [-0.39, 0.29) is 37.8 Å². The van der Waals surface area contributed by atoms with Crippen LogP contribution < -0.4 is 5.32 Å². The molecule has 2 saturated heterocycles. The molecule has 4 N–H and O–H groups in total. The van der Waals surface area contributed by atoms with Crippen molar-refractivity contribution in [2.45, 2.75) is 77.0 Å². The zero-order valence-electron chi connectivity index (χ0n) is 32.2. The molecule has 4 amide bonds. The van der Waals surface area contributed by atoms with Gasteiger partial charge in [-0.3, -0.25) is 14.5 Å². The fraction of sp³-hybridized carbons (Fsp3) is 0.450. The average Bonchev–Trinajstić information content (AvgIpc) is 4.00. The van der Waals surface area contributed by atoms with Gasteiger partial charge in [0.05, 0.1) is 56.1 Å². The van der Waals surface area contributed by atoms with Gasteiger partial charge < -0.3 is 34.9 Å². The minimum Gasteiger partial charge on any atom is -0.465 e. The Bertz CT molecular complexity index is 2030. The first kappa shape index (κ1) is 39.9. The number of H-pyrrole nitrogens is 2. The number of hydrogen-bond donors (Lipinski definition) is 4. The Morgan fingerprint density at radius 1 is 0.768 bits per heavy atom. The van der Waals surface area contributed by atoms with Crippen molar-refractivity contribution in [3.8, 4) is 33.6 Å². The van der Waals surface area contributed by atoms with Gasteiger partial charge in [-0.2, -0.15) is 0 Å². The van der Waals surface area contributed by atoms with Crippen LogP contribution in [0.2, 0.25) is 0 Å². The molecule has 0 spiro atoms. The smallest absolute Gasteiger partial charge is 0.407 e. The maximum Gasteiger partial charge on any atom is 0.407 e. The SMILES string of the molecule is COC(=O)N[C@H](C(=O)N1C[C@@H](F)C[C@H]1c1ncc(-c2ccc(-c3ccc(-c4cnc([C@@H]5C[C@H](F)CN5C(=O)[C@H](C(C)C)N(C)C(=O)O)[nH]4)cc3)cc2)[nH]1)C(C)C. The Morgan fingerprint density at radius 2 is 1.20 bits per heavy atom. The number of alkyl carbamates (subject to hydrolysis) is 1. The summed E-state index contributed by atoms with van der Waals surface area (Å²) in [7, 11) is 2.57.